The number of imidazole rings is 1. The van der Waals surface area contributed by atoms with Gasteiger partial charge in [0.1, 0.15) is 17.5 Å². The molecule has 6 rings (SSSR count). The van der Waals surface area contributed by atoms with Crippen LogP contribution in [-0.4, -0.2) is 55.7 Å². The van der Waals surface area contributed by atoms with E-state index in [1.165, 1.54) is 6.07 Å². The standard InChI is InChI=1S/C32H33FN6O/c1-22(39-16-4-9-30(39)24-5-2-6-25(33)19-24)10-11-31-35-21-29(37-31)28-8-3-7-27(36-28)23-12-15-34-32(20-23)38-17-13-26(40)14-18-38/h2-3,5-8,10-12,15,19-21,26,30,40H,1,4,9,13-14,16-18H2,(H,35,37)/b11-10-. The lowest BCUT2D eigenvalue weighted by atomic mass is 10.0. The number of benzene rings is 1. The molecule has 2 N–H and O–H groups in total. The number of likely N-dealkylation sites (tertiary alicyclic amines) is 1. The summed E-state index contributed by atoms with van der Waals surface area (Å²) in [6.45, 7) is 6.76. The minimum absolute atomic E-state index is 0.127. The van der Waals surface area contributed by atoms with Gasteiger partial charge in [-0.1, -0.05) is 24.8 Å². The predicted molar refractivity (Wildman–Crippen MR) is 156 cm³/mol. The third-order valence-corrected chi connectivity index (χ3v) is 7.74. The second-order valence-corrected chi connectivity index (χ2v) is 10.4. The highest BCUT2D eigenvalue weighted by Gasteiger charge is 2.26. The number of aromatic amines is 1. The Bertz CT molecular complexity index is 1520. The fourth-order valence-electron chi connectivity index (χ4n) is 5.58. The lowest BCUT2D eigenvalue weighted by Gasteiger charge is -2.30. The van der Waals surface area contributed by atoms with Crippen molar-refractivity contribution in [2.75, 3.05) is 24.5 Å². The van der Waals surface area contributed by atoms with Crippen LogP contribution in [-0.2, 0) is 0 Å². The molecule has 3 aromatic heterocycles. The van der Waals surface area contributed by atoms with E-state index in [0.29, 0.717) is 5.82 Å². The van der Waals surface area contributed by atoms with Gasteiger partial charge < -0.3 is 19.9 Å². The van der Waals surface area contributed by atoms with E-state index >= 15 is 0 Å². The molecule has 0 aliphatic carbocycles. The van der Waals surface area contributed by atoms with Crippen LogP contribution in [0, 0.1) is 5.82 Å². The van der Waals surface area contributed by atoms with Crippen molar-refractivity contribution in [1.82, 2.24) is 24.8 Å². The van der Waals surface area contributed by atoms with E-state index in [2.05, 4.69) is 37.4 Å². The number of pyridine rings is 2. The molecule has 1 unspecified atom stereocenters. The van der Waals surface area contributed by atoms with Crippen LogP contribution in [0.2, 0.25) is 0 Å². The summed E-state index contributed by atoms with van der Waals surface area (Å²) >= 11 is 0. The van der Waals surface area contributed by atoms with Crippen molar-refractivity contribution in [2.45, 2.75) is 37.8 Å². The van der Waals surface area contributed by atoms with E-state index in [1.807, 2.05) is 48.7 Å². The summed E-state index contributed by atoms with van der Waals surface area (Å²) in [6, 6.07) is 17.0. The Balaban J connectivity index is 1.15. The summed E-state index contributed by atoms with van der Waals surface area (Å²) in [5, 5.41) is 9.83. The van der Waals surface area contributed by atoms with Gasteiger partial charge in [-0.25, -0.2) is 19.3 Å². The molecule has 2 saturated heterocycles. The minimum atomic E-state index is -0.220. The zero-order valence-electron chi connectivity index (χ0n) is 22.4. The Morgan fingerprint density at radius 3 is 2.67 bits per heavy atom. The molecule has 0 amide bonds. The number of rotatable bonds is 7. The number of nitrogens with one attached hydrogen (secondary N) is 1. The Hall–Kier alpha value is -4.30. The van der Waals surface area contributed by atoms with Gasteiger partial charge >= 0.3 is 0 Å². The number of anilines is 1. The summed E-state index contributed by atoms with van der Waals surface area (Å²) in [5.74, 6) is 1.41. The zero-order valence-corrected chi connectivity index (χ0v) is 22.4. The highest BCUT2D eigenvalue weighted by atomic mass is 19.1. The molecule has 2 aliphatic heterocycles. The van der Waals surface area contributed by atoms with Crippen molar-refractivity contribution in [3.63, 3.8) is 0 Å². The normalized spacial score (nSPS) is 18.1. The Morgan fingerprint density at radius 2 is 1.82 bits per heavy atom. The second kappa shape index (κ2) is 11.4. The number of hydrogen-bond donors (Lipinski definition) is 2. The SMILES string of the molecule is C=C(/C=C\c1ncc(-c2cccc(-c3ccnc(N4CCC(O)CC4)c3)n2)[nH]1)N1CCCC1c1cccc(F)c1. The number of allylic oxidation sites excluding steroid dienone is 1. The molecule has 0 saturated carbocycles. The molecule has 7 nitrogen and oxygen atoms in total. The third kappa shape index (κ3) is 5.67. The number of piperidine rings is 1. The zero-order chi connectivity index (χ0) is 27.5. The second-order valence-electron chi connectivity index (χ2n) is 10.4. The first-order valence-corrected chi connectivity index (χ1v) is 13.8. The summed E-state index contributed by atoms with van der Waals surface area (Å²) in [7, 11) is 0. The average Bonchev–Trinajstić information content (AvgIpc) is 3.67. The molecule has 5 heterocycles. The predicted octanol–water partition coefficient (Wildman–Crippen LogP) is 6.00. The molecule has 4 aromatic rings. The van der Waals surface area contributed by atoms with E-state index in [-0.39, 0.29) is 18.0 Å². The van der Waals surface area contributed by atoms with Crippen molar-refractivity contribution in [3.05, 3.63) is 103 Å². The van der Waals surface area contributed by atoms with Crippen molar-refractivity contribution in [1.29, 1.82) is 0 Å². The number of aromatic nitrogens is 4. The van der Waals surface area contributed by atoms with Gasteiger partial charge in [-0.05, 0) is 79.8 Å². The van der Waals surface area contributed by atoms with Gasteiger partial charge in [0.2, 0.25) is 0 Å². The molecule has 2 aliphatic rings. The van der Waals surface area contributed by atoms with Gasteiger partial charge in [-0.3, -0.25) is 0 Å². The molecular weight excluding hydrogens is 503 g/mol. The summed E-state index contributed by atoms with van der Waals surface area (Å²) in [5.41, 5.74) is 5.33. The van der Waals surface area contributed by atoms with E-state index < -0.39 is 0 Å². The van der Waals surface area contributed by atoms with Crippen LogP contribution in [0.1, 0.15) is 43.1 Å². The Kier molecular flexibility index (Phi) is 7.42. The topological polar surface area (TPSA) is 81.2 Å². The smallest absolute Gasteiger partial charge is 0.130 e. The maximum atomic E-state index is 13.8. The molecule has 1 aromatic carbocycles. The first-order chi connectivity index (χ1) is 19.5. The van der Waals surface area contributed by atoms with Crippen molar-refractivity contribution in [3.8, 4) is 22.6 Å². The molecule has 0 bridgehead atoms. The highest BCUT2D eigenvalue weighted by Crippen LogP contribution is 2.35. The summed E-state index contributed by atoms with van der Waals surface area (Å²) in [4.78, 5) is 21.8. The van der Waals surface area contributed by atoms with Crippen LogP contribution >= 0.6 is 0 Å². The first-order valence-electron chi connectivity index (χ1n) is 13.8. The fourth-order valence-corrected chi connectivity index (χ4v) is 5.58. The summed E-state index contributed by atoms with van der Waals surface area (Å²) in [6.07, 6.45) is 10.8. The van der Waals surface area contributed by atoms with Crippen molar-refractivity contribution >= 4 is 11.9 Å². The molecule has 8 heteroatoms. The fraction of sp³-hybridized carbons (Fsp3) is 0.281. The first kappa shape index (κ1) is 26.0. The molecule has 40 heavy (non-hydrogen) atoms. The van der Waals surface area contributed by atoms with Crippen LogP contribution in [0.15, 0.2) is 85.3 Å². The van der Waals surface area contributed by atoms with Gasteiger partial charge in [0.15, 0.2) is 0 Å². The monoisotopic (exact) mass is 536 g/mol. The number of hydrogen-bond acceptors (Lipinski definition) is 6. The molecule has 0 radical (unpaired) electrons. The Morgan fingerprint density at radius 1 is 1.00 bits per heavy atom. The van der Waals surface area contributed by atoms with E-state index in [1.54, 1.807) is 18.3 Å². The molecule has 204 valence electrons. The van der Waals surface area contributed by atoms with Gasteiger partial charge in [0.05, 0.1) is 35.4 Å². The van der Waals surface area contributed by atoms with Crippen LogP contribution in [0.3, 0.4) is 0 Å². The summed E-state index contributed by atoms with van der Waals surface area (Å²) < 4.78 is 13.8. The van der Waals surface area contributed by atoms with Gasteiger partial charge in [0.25, 0.3) is 0 Å². The van der Waals surface area contributed by atoms with Crippen LogP contribution in [0.25, 0.3) is 28.7 Å². The van der Waals surface area contributed by atoms with Crippen LogP contribution in [0.4, 0.5) is 10.2 Å². The molecule has 2 fully saturated rings. The number of aliphatic hydroxyl groups excluding tert-OH is 1. The Labute approximate surface area is 233 Å². The highest BCUT2D eigenvalue weighted by molar-refractivity contribution is 5.67. The molecule has 1 atom stereocenters. The van der Waals surface area contributed by atoms with Gasteiger partial charge in [0, 0.05) is 37.1 Å². The number of aliphatic hydroxyl groups is 1. The van der Waals surface area contributed by atoms with Crippen molar-refractivity contribution < 1.29 is 9.50 Å². The van der Waals surface area contributed by atoms with Crippen LogP contribution in [0.5, 0.6) is 0 Å². The number of nitrogens with zero attached hydrogens (tertiary/aromatic N) is 5. The maximum Gasteiger partial charge on any atom is 0.130 e. The third-order valence-electron chi connectivity index (χ3n) is 7.74. The quantitative estimate of drug-likeness (QED) is 0.282. The lowest BCUT2D eigenvalue weighted by molar-refractivity contribution is 0.145. The molecule has 0 spiro atoms. The maximum absolute atomic E-state index is 13.8. The van der Waals surface area contributed by atoms with Crippen LogP contribution < -0.4 is 4.90 Å². The lowest BCUT2D eigenvalue weighted by Crippen LogP contribution is -2.36. The van der Waals surface area contributed by atoms with Gasteiger partial charge in [-0.2, -0.15) is 0 Å². The number of halogens is 1. The van der Waals surface area contributed by atoms with E-state index in [0.717, 1.165) is 85.0 Å². The average molecular weight is 537 g/mol. The number of H-pyrrole nitrogens is 1. The van der Waals surface area contributed by atoms with Crippen molar-refractivity contribution in [2.24, 2.45) is 0 Å². The molecular formula is C32H33FN6O. The van der Waals surface area contributed by atoms with Gasteiger partial charge in [-0.15, -0.1) is 0 Å². The largest absolute Gasteiger partial charge is 0.393 e. The van der Waals surface area contributed by atoms with E-state index in [4.69, 9.17) is 4.98 Å². The van der Waals surface area contributed by atoms with E-state index in [9.17, 15) is 9.50 Å². The minimum Gasteiger partial charge on any atom is -0.393 e.